The van der Waals surface area contributed by atoms with E-state index in [0.717, 1.165) is 124 Å². The van der Waals surface area contributed by atoms with Gasteiger partial charge >= 0.3 is 11.9 Å². The van der Waals surface area contributed by atoms with Crippen LogP contribution < -0.4 is 14.8 Å². The largest absolute Gasteiger partial charge is 0.490 e. The minimum absolute atomic E-state index is 0. The summed E-state index contributed by atoms with van der Waals surface area (Å²) in [5, 5.41) is 5.02. The molecule has 0 unspecified atom stereocenters. The first-order chi connectivity index (χ1) is 29.9. The number of aromatic nitrogens is 2. The van der Waals surface area contributed by atoms with Gasteiger partial charge in [0.1, 0.15) is 17.2 Å². The van der Waals surface area contributed by atoms with E-state index in [2.05, 4.69) is 105 Å². The molecule has 0 spiro atoms. The number of rotatable bonds is 9. The normalized spacial score (nSPS) is 21.7. The van der Waals surface area contributed by atoms with Gasteiger partial charge in [0.25, 0.3) is 0 Å². The number of carbonyl (C=O) groups excluding carboxylic acids is 3. The number of fused-ring (bicyclic) bond motifs is 2. The highest BCUT2D eigenvalue weighted by atomic mass is 79.9. The zero-order valence-corrected chi connectivity index (χ0v) is 42.7. The van der Waals surface area contributed by atoms with Gasteiger partial charge in [0.2, 0.25) is 0 Å². The molecule has 350 valence electrons. The van der Waals surface area contributed by atoms with E-state index in [4.69, 9.17) is 19.2 Å². The van der Waals surface area contributed by atoms with Crippen molar-refractivity contribution >= 4 is 84.3 Å². The van der Waals surface area contributed by atoms with E-state index in [1.807, 2.05) is 30.3 Å². The molecular weight excluding hydrogens is 964 g/mol. The van der Waals surface area contributed by atoms with Crippen LogP contribution in [0.5, 0.6) is 11.5 Å². The number of likely N-dealkylation sites (tertiary alicyclic amines) is 1. The van der Waals surface area contributed by atoms with Gasteiger partial charge in [-0.3, -0.25) is 24.3 Å². The van der Waals surface area contributed by atoms with Crippen molar-refractivity contribution in [3.63, 3.8) is 0 Å². The number of esters is 2. The van der Waals surface area contributed by atoms with Gasteiger partial charge in [-0.15, -0.1) is 12.4 Å². The van der Waals surface area contributed by atoms with Crippen LogP contribution in [0.4, 0.5) is 0 Å². The summed E-state index contributed by atoms with van der Waals surface area (Å²) in [5.41, 5.74) is 3.97. The molecule has 0 atom stereocenters. The Kier molecular flexibility index (Phi) is 18.5. The number of hydrogen-bond acceptors (Lipinski definition) is 11. The Bertz CT molecular complexity index is 2200. The first-order valence-electron chi connectivity index (χ1n) is 22.5. The smallest absolute Gasteiger partial charge is 0.311 e. The minimum atomic E-state index is -0.122. The number of hydrogen-bond donors (Lipinski definition) is 1. The first-order valence-corrected chi connectivity index (χ1v) is 24.1. The standard InChI is InChI=1S/C25H33BrN2O3.C20H24BrNO2.C5H9NO2.ClH/c1-25(2,3)17-5-7-19(8-6-17)31-20-9-10-23-21(12-20)22(26)11-18(27-23)15-28-13-16(14-28)24(29)30-4;1-20(2,3)13-4-6-15(7-5-13)24-16-8-9-19-17(11-16)18(21)10-14(12-23)22-19;1-8-5(7)4-2-6-3-4;/h9-12,16-17,19H,5-8,13-15H2,1-4H3;8-13,15H,4-7H2,1-3H3;4,6H,2-3H2,1H3;1H. The summed E-state index contributed by atoms with van der Waals surface area (Å²) in [5.74, 6) is 3.27. The van der Waals surface area contributed by atoms with Gasteiger partial charge in [-0.05, 0) is 123 Å². The van der Waals surface area contributed by atoms with E-state index in [1.165, 1.54) is 39.9 Å². The fourth-order valence-corrected chi connectivity index (χ4v) is 10.2. The molecular formula is C50H67Br2ClN4O7. The molecule has 8 rings (SSSR count). The van der Waals surface area contributed by atoms with Gasteiger partial charge < -0.3 is 24.3 Å². The van der Waals surface area contributed by atoms with Gasteiger partial charge in [-0.25, -0.2) is 4.98 Å². The molecule has 64 heavy (non-hydrogen) atoms. The maximum Gasteiger partial charge on any atom is 0.311 e. The van der Waals surface area contributed by atoms with Crippen LogP contribution in [0.15, 0.2) is 57.5 Å². The number of methoxy groups -OCH3 is 2. The number of aldehydes is 1. The van der Waals surface area contributed by atoms with Gasteiger partial charge in [0, 0.05) is 52.4 Å². The van der Waals surface area contributed by atoms with E-state index < -0.39 is 0 Å². The lowest BCUT2D eigenvalue weighted by atomic mass is 9.72. The van der Waals surface area contributed by atoms with Crippen molar-refractivity contribution in [2.75, 3.05) is 40.4 Å². The number of carbonyl (C=O) groups is 3. The Balaban J connectivity index is 0.000000207. The minimum Gasteiger partial charge on any atom is -0.490 e. The van der Waals surface area contributed by atoms with Crippen LogP contribution in [0.2, 0.25) is 0 Å². The number of nitrogens with one attached hydrogen (secondary N) is 1. The lowest BCUT2D eigenvalue weighted by Gasteiger charge is -2.37. The van der Waals surface area contributed by atoms with Crippen LogP contribution in [-0.4, -0.2) is 85.7 Å². The third-order valence-corrected chi connectivity index (χ3v) is 14.6. The lowest BCUT2D eigenvalue weighted by molar-refractivity contribution is -0.151. The van der Waals surface area contributed by atoms with E-state index in [0.29, 0.717) is 28.7 Å². The third-order valence-electron chi connectivity index (χ3n) is 13.2. The van der Waals surface area contributed by atoms with Crippen molar-refractivity contribution in [3.8, 4) is 11.5 Å². The molecule has 0 amide bonds. The molecule has 11 nitrogen and oxygen atoms in total. The predicted molar refractivity (Wildman–Crippen MR) is 262 cm³/mol. The van der Waals surface area contributed by atoms with Gasteiger partial charge in [-0.1, -0.05) is 73.4 Å². The second-order valence-corrected chi connectivity index (χ2v) is 21.5. The van der Waals surface area contributed by atoms with Crippen LogP contribution in [-0.2, 0) is 25.6 Å². The Morgan fingerprint density at radius 2 is 1.14 bits per heavy atom. The molecule has 2 saturated carbocycles. The summed E-state index contributed by atoms with van der Waals surface area (Å²) < 4.78 is 23.8. The SMILES string of the molecule is CC(C)(C)C1CCC(Oc2ccc3nc(C=O)cc(Br)c3c2)CC1.COC(=O)C1CN(Cc2cc(Br)c3cc(OC4CCC(C(C)(C)C)CC4)ccc3n2)C1.COC(=O)C1CNC1.Cl. The average Bonchev–Trinajstić information content (AvgIpc) is 3.21. The second-order valence-electron chi connectivity index (χ2n) is 19.8. The molecule has 14 heteroatoms. The topological polar surface area (TPSA) is 129 Å². The zero-order chi connectivity index (χ0) is 45.5. The summed E-state index contributed by atoms with van der Waals surface area (Å²) in [4.78, 5) is 44.4. The molecule has 4 heterocycles. The molecule has 2 aromatic heterocycles. The van der Waals surface area contributed by atoms with E-state index in [9.17, 15) is 14.4 Å². The van der Waals surface area contributed by atoms with Crippen LogP contribution in [0.3, 0.4) is 0 Å². The third kappa shape index (κ3) is 13.8. The average molecular weight is 1030 g/mol. The zero-order valence-electron chi connectivity index (χ0n) is 38.7. The molecule has 1 N–H and O–H groups in total. The van der Waals surface area contributed by atoms with E-state index in [1.54, 1.807) is 6.07 Å². The van der Waals surface area contributed by atoms with Crippen molar-refractivity contribution in [2.24, 2.45) is 34.5 Å². The molecule has 4 aliphatic rings. The summed E-state index contributed by atoms with van der Waals surface area (Å²) in [7, 11) is 2.86. The maximum atomic E-state index is 11.6. The van der Waals surface area contributed by atoms with E-state index in [-0.39, 0.29) is 36.2 Å². The Morgan fingerprint density at radius 1 is 0.688 bits per heavy atom. The molecule has 2 aliphatic carbocycles. The fourth-order valence-electron chi connectivity index (χ4n) is 9.03. The number of halogens is 3. The Hall–Kier alpha value is -3.36. The molecule has 2 aliphatic heterocycles. The summed E-state index contributed by atoms with van der Waals surface area (Å²) in [6.07, 6.45) is 10.8. The molecule has 2 aromatic carbocycles. The van der Waals surface area contributed by atoms with Crippen molar-refractivity contribution < 1.29 is 33.3 Å². The molecule has 4 aromatic rings. The predicted octanol–water partition coefficient (Wildman–Crippen LogP) is 11.2. The lowest BCUT2D eigenvalue weighted by Crippen LogP contribution is -2.50. The van der Waals surface area contributed by atoms with Crippen LogP contribution in [0.25, 0.3) is 21.8 Å². The summed E-state index contributed by atoms with van der Waals surface area (Å²) >= 11 is 7.25. The van der Waals surface area contributed by atoms with Gasteiger partial charge in [0.05, 0.1) is 55.0 Å². The first kappa shape index (κ1) is 51.6. The number of pyridine rings is 2. The van der Waals surface area contributed by atoms with Crippen LogP contribution >= 0.6 is 44.3 Å². The second kappa shape index (κ2) is 22.9. The van der Waals surface area contributed by atoms with Crippen molar-refractivity contribution in [1.29, 1.82) is 0 Å². The quantitative estimate of drug-likeness (QED) is 0.127. The number of benzene rings is 2. The highest BCUT2D eigenvalue weighted by molar-refractivity contribution is 9.11. The highest BCUT2D eigenvalue weighted by Gasteiger charge is 2.34. The van der Waals surface area contributed by atoms with Gasteiger partial charge in [-0.2, -0.15) is 0 Å². The maximum absolute atomic E-state index is 11.6. The van der Waals surface area contributed by atoms with Crippen LogP contribution in [0.1, 0.15) is 109 Å². The number of nitrogens with zero attached hydrogens (tertiary/aromatic N) is 3. The Morgan fingerprint density at radius 3 is 1.55 bits per heavy atom. The molecule has 2 saturated heterocycles. The number of ether oxygens (including phenoxy) is 4. The monoisotopic (exact) mass is 1030 g/mol. The molecule has 4 fully saturated rings. The van der Waals surface area contributed by atoms with Crippen LogP contribution in [0, 0.1) is 34.5 Å². The highest BCUT2D eigenvalue weighted by Crippen LogP contribution is 2.41. The van der Waals surface area contributed by atoms with Crippen molar-refractivity contribution in [3.05, 3.63) is 68.9 Å². The summed E-state index contributed by atoms with van der Waals surface area (Å²) in [6, 6.07) is 15.9. The molecule has 0 radical (unpaired) electrons. The van der Waals surface area contributed by atoms with Crippen molar-refractivity contribution in [2.45, 2.75) is 112 Å². The summed E-state index contributed by atoms with van der Waals surface area (Å²) in [6.45, 7) is 17.8. The van der Waals surface area contributed by atoms with Gasteiger partial charge in [0.15, 0.2) is 6.29 Å². The molecule has 0 bridgehead atoms. The Labute approximate surface area is 402 Å². The van der Waals surface area contributed by atoms with Crippen molar-refractivity contribution in [1.82, 2.24) is 20.2 Å². The fraction of sp³-hybridized carbons (Fsp3) is 0.580. The van der Waals surface area contributed by atoms with E-state index >= 15 is 0 Å².